The molecule has 0 aliphatic carbocycles. The van der Waals surface area contributed by atoms with Crippen LogP contribution in [0.25, 0.3) is 16.8 Å². The van der Waals surface area contributed by atoms with Gasteiger partial charge in [-0.3, -0.25) is 4.79 Å². The molecule has 1 amide bonds. The van der Waals surface area contributed by atoms with Gasteiger partial charge in [0.2, 0.25) is 0 Å². The number of likely N-dealkylation sites (tertiary alicyclic amines) is 1. The van der Waals surface area contributed by atoms with Gasteiger partial charge in [-0.1, -0.05) is 39.3 Å². The lowest BCUT2D eigenvalue weighted by Crippen LogP contribution is -2.42. The number of aromatic nitrogens is 3. The van der Waals surface area contributed by atoms with Crippen molar-refractivity contribution in [3.63, 3.8) is 0 Å². The number of fused-ring (bicyclic) bond motifs is 1. The number of hydrogen-bond acceptors (Lipinski definition) is 9. The molecule has 0 saturated carbocycles. The van der Waals surface area contributed by atoms with Crippen molar-refractivity contribution in [2.24, 2.45) is 0 Å². The van der Waals surface area contributed by atoms with Gasteiger partial charge in [0.25, 0.3) is 0 Å². The highest BCUT2D eigenvalue weighted by Gasteiger charge is 2.31. The van der Waals surface area contributed by atoms with Gasteiger partial charge >= 0.3 is 6.09 Å². The van der Waals surface area contributed by atoms with Crippen LogP contribution >= 0.6 is 0 Å². The molecule has 1 aliphatic heterocycles. The van der Waals surface area contributed by atoms with E-state index in [-0.39, 0.29) is 17.8 Å². The SMILES string of the molecule is CC(C)(C)OC(=O)N1CCCC(c2cc(N(COCC[Si](C)(C)C)COCC[Si](C)(C)C)n3ncc(-c4coc(C=O)c4)c3n2)C1. The van der Waals surface area contributed by atoms with E-state index in [1.54, 1.807) is 23.4 Å². The van der Waals surface area contributed by atoms with Crippen LogP contribution in [0.15, 0.2) is 29.0 Å². The Hall–Kier alpha value is -3.01. The molecule has 11 nitrogen and oxygen atoms in total. The van der Waals surface area contributed by atoms with E-state index >= 15 is 0 Å². The molecule has 3 aromatic heterocycles. The molecular weight excluding hydrogens is 619 g/mol. The molecule has 0 radical (unpaired) electrons. The van der Waals surface area contributed by atoms with Crippen LogP contribution < -0.4 is 4.90 Å². The van der Waals surface area contributed by atoms with Gasteiger partial charge in [-0.15, -0.1) is 0 Å². The number of piperidine rings is 1. The molecule has 1 saturated heterocycles. The standard InChI is InChI=1S/C33H53N5O6Si2/c1-33(2,3)44-32(40)36-12-10-11-25(20-36)29-18-30(38-31(35-29)28(19-34-38)26-17-27(21-39)43-22-26)37(23-41-13-15-45(4,5)6)24-42-14-16-46(7,8)9/h17-19,21-22,25H,10-16,20,23-24H2,1-9H3. The molecule has 1 atom stereocenters. The number of ether oxygens (including phenoxy) is 3. The predicted octanol–water partition coefficient (Wildman–Crippen LogP) is 7.35. The number of amides is 1. The summed E-state index contributed by atoms with van der Waals surface area (Å²) >= 11 is 0. The zero-order valence-electron chi connectivity index (χ0n) is 29.2. The van der Waals surface area contributed by atoms with Gasteiger partial charge in [-0.05, 0) is 51.8 Å². The highest BCUT2D eigenvalue weighted by molar-refractivity contribution is 6.76. The molecule has 0 aromatic carbocycles. The Kier molecular flexibility index (Phi) is 11.6. The number of rotatable bonds is 14. The predicted molar refractivity (Wildman–Crippen MR) is 186 cm³/mol. The van der Waals surface area contributed by atoms with Crippen molar-refractivity contribution < 1.29 is 28.2 Å². The average Bonchev–Trinajstić information content (AvgIpc) is 3.61. The minimum atomic E-state index is -1.28. The summed E-state index contributed by atoms with van der Waals surface area (Å²) in [5.41, 5.74) is 2.38. The van der Waals surface area contributed by atoms with E-state index in [4.69, 9.17) is 28.7 Å². The second-order valence-corrected chi connectivity index (χ2v) is 26.9. The van der Waals surface area contributed by atoms with E-state index in [9.17, 15) is 9.59 Å². The quantitative estimate of drug-likeness (QED) is 0.0752. The lowest BCUT2D eigenvalue weighted by Gasteiger charge is -2.34. The first-order valence-electron chi connectivity index (χ1n) is 16.3. The van der Waals surface area contributed by atoms with Crippen LogP contribution in [0.2, 0.25) is 51.4 Å². The fourth-order valence-electron chi connectivity index (χ4n) is 5.15. The molecule has 13 heteroatoms. The second kappa shape index (κ2) is 14.8. The van der Waals surface area contributed by atoms with Crippen molar-refractivity contribution in [2.45, 2.75) is 96.5 Å². The van der Waals surface area contributed by atoms with Crippen LogP contribution in [0, 0.1) is 0 Å². The molecular formula is C33H53N5O6Si2. The largest absolute Gasteiger partial charge is 0.461 e. The normalized spacial score (nSPS) is 16.2. The minimum Gasteiger partial charge on any atom is -0.461 e. The lowest BCUT2D eigenvalue weighted by atomic mass is 9.94. The van der Waals surface area contributed by atoms with E-state index in [1.807, 2.05) is 25.3 Å². The maximum absolute atomic E-state index is 13.0. The molecule has 1 fully saturated rings. The van der Waals surface area contributed by atoms with Crippen molar-refractivity contribution in [3.8, 4) is 11.1 Å². The third-order valence-corrected chi connectivity index (χ3v) is 11.2. The Morgan fingerprint density at radius 3 is 2.28 bits per heavy atom. The summed E-state index contributed by atoms with van der Waals surface area (Å²) in [6, 6.07) is 5.87. The van der Waals surface area contributed by atoms with Gasteiger partial charge in [-0.25, -0.2) is 9.78 Å². The van der Waals surface area contributed by atoms with Gasteiger partial charge in [0.1, 0.15) is 24.9 Å². The minimum absolute atomic E-state index is 0.00915. The summed E-state index contributed by atoms with van der Waals surface area (Å²) < 4.78 is 25.5. The Bertz CT molecular complexity index is 1450. The molecule has 4 rings (SSSR count). The van der Waals surface area contributed by atoms with Gasteiger partial charge in [0.15, 0.2) is 17.7 Å². The summed E-state index contributed by atoms with van der Waals surface area (Å²) in [6.45, 7) is 22.8. The maximum Gasteiger partial charge on any atom is 0.410 e. The van der Waals surface area contributed by atoms with E-state index in [0.717, 1.165) is 47.6 Å². The second-order valence-electron chi connectivity index (χ2n) is 15.7. The molecule has 0 bridgehead atoms. The molecule has 4 heterocycles. The van der Waals surface area contributed by atoms with Gasteiger partial charge < -0.3 is 28.4 Å². The fraction of sp³-hybridized carbons (Fsp3) is 0.636. The molecule has 0 N–H and O–H groups in total. The molecule has 1 unspecified atom stereocenters. The summed E-state index contributed by atoms with van der Waals surface area (Å²) in [5, 5.41) is 4.76. The summed E-state index contributed by atoms with van der Waals surface area (Å²) in [4.78, 5) is 33.4. The van der Waals surface area contributed by atoms with Crippen LogP contribution in [-0.4, -0.2) is 93.4 Å². The van der Waals surface area contributed by atoms with Gasteiger partial charge in [0, 0.05) is 65.6 Å². The zero-order valence-corrected chi connectivity index (χ0v) is 31.2. The third kappa shape index (κ3) is 10.2. The first-order valence-corrected chi connectivity index (χ1v) is 23.8. The van der Waals surface area contributed by atoms with Crippen LogP contribution in [0.4, 0.5) is 10.6 Å². The van der Waals surface area contributed by atoms with Crippen LogP contribution in [0.5, 0.6) is 0 Å². The first-order chi connectivity index (χ1) is 21.5. The van der Waals surface area contributed by atoms with E-state index < -0.39 is 21.7 Å². The number of anilines is 1. The number of carbonyl (C=O) groups is 2. The number of aldehydes is 1. The summed E-state index contributed by atoms with van der Waals surface area (Å²) in [7, 11) is -2.55. The topological polar surface area (TPSA) is 112 Å². The van der Waals surface area contributed by atoms with Crippen LogP contribution in [0.1, 0.15) is 55.8 Å². The summed E-state index contributed by atoms with van der Waals surface area (Å²) in [5.74, 6) is 1.02. The molecule has 254 valence electrons. The number of carbonyl (C=O) groups excluding carboxylic acids is 2. The molecule has 46 heavy (non-hydrogen) atoms. The number of furan rings is 1. The monoisotopic (exact) mass is 671 g/mol. The zero-order chi connectivity index (χ0) is 33.7. The molecule has 3 aromatic rings. The smallest absolute Gasteiger partial charge is 0.410 e. The van der Waals surface area contributed by atoms with Crippen molar-refractivity contribution in [1.82, 2.24) is 19.5 Å². The van der Waals surface area contributed by atoms with E-state index in [2.05, 4.69) is 50.2 Å². The van der Waals surface area contributed by atoms with Crippen molar-refractivity contribution >= 4 is 40.0 Å². The summed E-state index contributed by atoms with van der Waals surface area (Å²) in [6.07, 6.45) is 5.40. The molecule has 1 aliphatic rings. The Balaban J connectivity index is 1.73. The van der Waals surface area contributed by atoms with Crippen molar-refractivity contribution in [2.75, 3.05) is 44.7 Å². The van der Waals surface area contributed by atoms with Crippen molar-refractivity contribution in [1.29, 1.82) is 0 Å². The van der Waals surface area contributed by atoms with Crippen LogP contribution in [0.3, 0.4) is 0 Å². The van der Waals surface area contributed by atoms with Gasteiger partial charge in [0.05, 0.1) is 18.2 Å². The highest BCUT2D eigenvalue weighted by Crippen LogP contribution is 2.33. The van der Waals surface area contributed by atoms with Crippen molar-refractivity contribution in [3.05, 3.63) is 36.0 Å². The Morgan fingerprint density at radius 1 is 1.07 bits per heavy atom. The highest BCUT2D eigenvalue weighted by atomic mass is 28.3. The van der Waals surface area contributed by atoms with E-state index in [0.29, 0.717) is 51.7 Å². The Morgan fingerprint density at radius 2 is 1.72 bits per heavy atom. The third-order valence-electron chi connectivity index (χ3n) is 7.82. The molecule has 0 spiro atoms. The first kappa shape index (κ1) is 35.8. The van der Waals surface area contributed by atoms with Gasteiger partial charge in [-0.2, -0.15) is 9.61 Å². The Labute approximate surface area is 275 Å². The van der Waals surface area contributed by atoms with Crippen LogP contribution in [-0.2, 0) is 14.2 Å². The number of nitrogens with zero attached hydrogens (tertiary/aromatic N) is 5. The maximum atomic E-state index is 13.0. The van der Waals surface area contributed by atoms with E-state index in [1.165, 1.54) is 0 Å². The number of hydrogen-bond donors (Lipinski definition) is 0. The lowest BCUT2D eigenvalue weighted by molar-refractivity contribution is 0.0197. The fourth-order valence-corrected chi connectivity index (χ4v) is 6.66. The average molecular weight is 672 g/mol.